The number of anilines is 1. The molecule has 2 rings (SSSR count). The van der Waals surface area contributed by atoms with E-state index in [0.717, 1.165) is 25.7 Å². The number of amides is 3. The van der Waals surface area contributed by atoms with E-state index in [4.69, 9.17) is 0 Å². The molecule has 0 radical (unpaired) electrons. The van der Waals surface area contributed by atoms with Crippen LogP contribution in [-0.4, -0.2) is 24.5 Å². The minimum Gasteiger partial charge on any atom is -0.349 e. The monoisotopic (exact) mass is 293 g/mol. The van der Waals surface area contributed by atoms with E-state index in [0.29, 0.717) is 6.54 Å². The number of carbonyl (C=O) groups is 2. The van der Waals surface area contributed by atoms with E-state index >= 15 is 0 Å². The summed E-state index contributed by atoms with van der Waals surface area (Å²) in [5.41, 5.74) is 0.0621. The Morgan fingerprint density at radius 3 is 2.67 bits per heavy atom. The highest BCUT2D eigenvalue weighted by Crippen LogP contribution is 2.22. The van der Waals surface area contributed by atoms with Crippen molar-refractivity contribution in [1.82, 2.24) is 10.6 Å². The van der Waals surface area contributed by atoms with Crippen LogP contribution in [-0.2, 0) is 0 Å². The highest BCUT2D eigenvalue weighted by atomic mass is 19.1. The third kappa shape index (κ3) is 3.93. The molecule has 3 amide bonds. The van der Waals surface area contributed by atoms with Gasteiger partial charge in [-0.2, -0.15) is 0 Å². The van der Waals surface area contributed by atoms with Gasteiger partial charge in [0.15, 0.2) is 0 Å². The van der Waals surface area contributed by atoms with E-state index in [1.165, 1.54) is 18.2 Å². The zero-order chi connectivity index (χ0) is 15.2. The molecule has 0 heterocycles. The van der Waals surface area contributed by atoms with E-state index < -0.39 is 17.8 Å². The molecule has 0 spiro atoms. The molecule has 5 nitrogen and oxygen atoms in total. The summed E-state index contributed by atoms with van der Waals surface area (Å²) < 4.78 is 14.0. The van der Waals surface area contributed by atoms with Gasteiger partial charge in [0.25, 0.3) is 5.91 Å². The highest BCUT2D eigenvalue weighted by Gasteiger charge is 2.22. The lowest BCUT2D eigenvalue weighted by molar-refractivity contribution is 0.0935. The van der Waals surface area contributed by atoms with E-state index in [-0.39, 0.29) is 17.3 Å². The second-order valence-corrected chi connectivity index (χ2v) is 5.10. The van der Waals surface area contributed by atoms with Crippen LogP contribution in [0.4, 0.5) is 14.9 Å². The molecule has 0 saturated heterocycles. The van der Waals surface area contributed by atoms with Crippen molar-refractivity contribution in [2.75, 3.05) is 11.9 Å². The maximum atomic E-state index is 14.0. The van der Waals surface area contributed by atoms with Crippen LogP contribution in [0.1, 0.15) is 43.0 Å². The fourth-order valence-corrected chi connectivity index (χ4v) is 2.51. The SMILES string of the molecule is CCNC(=O)Nc1cccc(F)c1C(=O)NC1CCCC1. The minimum absolute atomic E-state index is 0.0921. The third-order valence-corrected chi connectivity index (χ3v) is 3.52. The van der Waals surface area contributed by atoms with Gasteiger partial charge in [0.05, 0.1) is 11.3 Å². The number of hydrogen-bond donors (Lipinski definition) is 3. The van der Waals surface area contributed by atoms with E-state index in [2.05, 4.69) is 16.0 Å². The average molecular weight is 293 g/mol. The predicted octanol–water partition coefficient (Wildman–Crippen LogP) is 2.64. The van der Waals surface area contributed by atoms with Gasteiger partial charge in [-0.05, 0) is 31.9 Å². The normalized spacial score (nSPS) is 14.8. The van der Waals surface area contributed by atoms with Crippen molar-refractivity contribution >= 4 is 17.6 Å². The molecule has 3 N–H and O–H groups in total. The Balaban J connectivity index is 2.16. The lowest BCUT2D eigenvalue weighted by Crippen LogP contribution is -2.35. The quantitative estimate of drug-likeness (QED) is 0.798. The number of carbonyl (C=O) groups excluding carboxylic acids is 2. The van der Waals surface area contributed by atoms with Gasteiger partial charge < -0.3 is 16.0 Å². The molecule has 0 aromatic heterocycles. The van der Waals surface area contributed by atoms with E-state index in [9.17, 15) is 14.0 Å². The van der Waals surface area contributed by atoms with Crippen LogP contribution in [0, 0.1) is 5.82 Å². The van der Waals surface area contributed by atoms with Crippen LogP contribution >= 0.6 is 0 Å². The first kappa shape index (κ1) is 15.3. The van der Waals surface area contributed by atoms with Crippen LogP contribution in [0.15, 0.2) is 18.2 Å². The summed E-state index contributed by atoms with van der Waals surface area (Å²) in [5, 5.41) is 7.89. The van der Waals surface area contributed by atoms with Crippen molar-refractivity contribution in [1.29, 1.82) is 0 Å². The van der Waals surface area contributed by atoms with Crippen molar-refractivity contribution in [2.45, 2.75) is 38.6 Å². The van der Waals surface area contributed by atoms with Crippen LogP contribution in [0.2, 0.25) is 0 Å². The smallest absolute Gasteiger partial charge is 0.319 e. The number of halogens is 1. The van der Waals surface area contributed by atoms with Crippen molar-refractivity contribution < 1.29 is 14.0 Å². The molecule has 1 aliphatic carbocycles. The Kier molecular flexibility index (Phi) is 5.14. The largest absolute Gasteiger partial charge is 0.349 e. The zero-order valence-electron chi connectivity index (χ0n) is 12.0. The van der Waals surface area contributed by atoms with Crippen molar-refractivity contribution in [3.63, 3.8) is 0 Å². The second kappa shape index (κ2) is 7.06. The van der Waals surface area contributed by atoms with Crippen molar-refractivity contribution in [3.05, 3.63) is 29.6 Å². The first-order valence-corrected chi connectivity index (χ1v) is 7.26. The van der Waals surface area contributed by atoms with Gasteiger partial charge in [-0.25, -0.2) is 9.18 Å². The summed E-state index contributed by atoms with van der Waals surface area (Å²) in [6.45, 7) is 2.23. The first-order chi connectivity index (χ1) is 10.1. The van der Waals surface area contributed by atoms with E-state index in [1.54, 1.807) is 6.92 Å². The number of urea groups is 1. The lowest BCUT2D eigenvalue weighted by Gasteiger charge is -2.15. The molecular formula is C15H20FN3O2. The molecule has 1 aromatic rings. The number of rotatable bonds is 4. The second-order valence-electron chi connectivity index (χ2n) is 5.10. The number of nitrogens with one attached hydrogen (secondary N) is 3. The van der Waals surface area contributed by atoms with Gasteiger partial charge in [0.2, 0.25) is 0 Å². The van der Waals surface area contributed by atoms with Crippen molar-refractivity contribution in [2.24, 2.45) is 0 Å². The summed E-state index contributed by atoms with van der Waals surface area (Å²) in [7, 11) is 0. The molecule has 1 fully saturated rings. The molecule has 0 atom stereocenters. The van der Waals surface area contributed by atoms with Crippen LogP contribution in [0.3, 0.4) is 0 Å². The summed E-state index contributed by atoms with van der Waals surface area (Å²) in [6, 6.07) is 3.82. The van der Waals surface area contributed by atoms with Crippen LogP contribution in [0.5, 0.6) is 0 Å². The molecule has 0 bridgehead atoms. The first-order valence-electron chi connectivity index (χ1n) is 7.26. The summed E-state index contributed by atoms with van der Waals surface area (Å²) in [6.07, 6.45) is 3.98. The van der Waals surface area contributed by atoms with Gasteiger partial charge in [0.1, 0.15) is 5.82 Å². The van der Waals surface area contributed by atoms with Gasteiger partial charge in [-0.3, -0.25) is 4.79 Å². The Morgan fingerprint density at radius 2 is 2.00 bits per heavy atom. The highest BCUT2D eigenvalue weighted by molar-refractivity contribution is 6.03. The Labute approximate surface area is 123 Å². The molecule has 0 unspecified atom stereocenters. The summed E-state index contributed by atoms with van der Waals surface area (Å²) in [5.74, 6) is -1.12. The fraction of sp³-hybridized carbons (Fsp3) is 0.467. The third-order valence-electron chi connectivity index (χ3n) is 3.52. The Hall–Kier alpha value is -2.11. The van der Waals surface area contributed by atoms with Crippen LogP contribution in [0.25, 0.3) is 0 Å². The fourth-order valence-electron chi connectivity index (χ4n) is 2.51. The average Bonchev–Trinajstić information content (AvgIpc) is 2.91. The Bertz CT molecular complexity index is 528. The summed E-state index contributed by atoms with van der Waals surface area (Å²) in [4.78, 5) is 23.8. The van der Waals surface area contributed by atoms with Gasteiger partial charge in [0, 0.05) is 12.6 Å². The van der Waals surface area contributed by atoms with Crippen molar-refractivity contribution in [3.8, 4) is 0 Å². The van der Waals surface area contributed by atoms with E-state index in [1.807, 2.05) is 0 Å². The van der Waals surface area contributed by atoms with Crippen LogP contribution < -0.4 is 16.0 Å². The number of benzene rings is 1. The molecule has 21 heavy (non-hydrogen) atoms. The Morgan fingerprint density at radius 1 is 1.29 bits per heavy atom. The maximum absolute atomic E-state index is 14.0. The molecule has 6 heteroatoms. The van der Waals surface area contributed by atoms with Gasteiger partial charge in [-0.15, -0.1) is 0 Å². The molecule has 0 aliphatic heterocycles. The lowest BCUT2D eigenvalue weighted by atomic mass is 10.1. The molecule has 1 aliphatic rings. The standard InChI is InChI=1S/C15H20FN3O2/c1-2-17-15(21)19-12-9-5-8-11(16)13(12)14(20)18-10-6-3-4-7-10/h5,8-10H,2-4,6-7H2,1H3,(H,18,20)(H2,17,19,21). The number of hydrogen-bond acceptors (Lipinski definition) is 2. The molecular weight excluding hydrogens is 273 g/mol. The molecule has 1 aromatic carbocycles. The summed E-state index contributed by atoms with van der Waals surface area (Å²) >= 11 is 0. The maximum Gasteiger partial charge on any atom is 0.319 e. The zero-order valence-corrected chi connectivity index (χ0v) is 12.0. The molecule has 114 valence electrons. The minimum atomic E-state index is -0.639. The van der Waals surface area contributed by atoms with Gasteiger partial charge in [-0.1, -0.05) is 18.9 Å². The van der Waals surface area contributed by atoms with Gasteiger partial charge >= 0.3 is 6.03 Å². The molecule has 1 saturated carbocycles. The topological polar surface area (TPSA) is 70.2 Å². The predicted molar refractivity (Wildman–Crippen MR) is 78.8 cm³/mol.